The molecule has 1 fully saturated rings. The van der Waals surface area contributed by atoms with E-state index in [2.05, 4.69) is 22.1 Å². The van der Waals surface area contributed by atoms with Crippen molar-refractivity contribution in [3.05, 3.63) is 22.4 Å². The van der Waals surface area contributed by atoms with E-state index in [4.69, 9.17) is 4.74 Å². The normalized spacial score (nSPS) is 17.8. The van der Waals surface area contributed by atoms with Gasteiger partial charge in [0, 0.05) is 6.54 Å². The van der Waals surface area contributed by atoms with Crippen LogP contribution >= 0.6 is 11.3 Å². The number of hydrogen-bond acceptors (Lipinski definition) is 3. The van der Waals surface area contributed by atoms with Gasteiger partial charge in [-0.3, -0.25) is 0 Å². The highest BCUT2D eigenvalue weighted by Crippen LogP contribution is 2.19. The number of hydrogen-bond donors (Lipinski definition) is 1. The van der Waals surface area contributed by atoms with Crippen LogP contribution in [0.25, 0.3) is 0 Å². The number of nitrogens with one attached hydrogen (secondary N) is 1. The van der Waals surface area contributed by atoms with Crippen molar-refractivity contribution in [3.8, 4) is 0 Å². The standard InChI is InChI=1S/C15H25NOS/c1-2-4-6-15(5-3-1)17-11-10-16-9-7-14-8-12-18-13-14/h8,12-13,15-16H,1-7,9-11H2. The van der Waals surface area contributed by atoms with E-state index in [9.17, 15) is 0 Å². The third-order valence-electron chi connectivity index (χ3n) is 3.61. The second-order valence-corrected chi connectivity index (χ2v) is 5.90. The average molecular weight is 267 g/mol. The van der Waals surface area contributed by atoms with Gasteiger partial charge in [0.05, 0.1) is 12.7 Å². The van der Waals surface area contributed by atoms with Crippen molar-refractivity contribution >= 4 is 11.3 Å². The van der Waals surface area contributed by atoms with Gasteiger partial charge in [0.25, 0.3) is 0 Å². The van der Waals surface area contributed by atoms with Crippen molar-refractivity contribution in [2.45, 2.75) is 51.0 Å². The van der Waals surface area contributed by atoms with E-state index in [-0.39, 0.29) is 0 Å². The molecule has 0 atom stereocenters. The number of rotatable bonds is 7. The summed E-state index contributed by atoms with van der Waals surface area (Å²) in [6.07, 6.45) is 9.73. The zero-order valence-electron chi connectivity index (χ0n) is 11.2. The Labute approximate surface area is 115 Å². The number of thiophene rings is 1. The van der Waals surface area contributed by atoms with Gasteiger partial charge in [-0.05, 0) is 48.2 Å². The zero-order valence-corrected chi connectivity index (χ0v) is 12.0. The zero-order chi connectivity index (χ0) is 12.5. The Kier molecular flexibility index (Phi) is 6.77. The minimum absolute atomic E-state index is 0.533. The second kappa shape index (κ2) is 8.68. The lowest BCUT2D eigenvalue weighted by Gasteiger charge is -2.15. The quantitative estimate of drug-likeness (QED) is 0.602. The Bertz CT molecular complexity index is 291. The topological polar surface area (TPSA) is 21.3 Å². The summed E-state index contributed by atoms with van der Waals surface area (Å²) in [5.41, 5.74) is 1.44. The van der Waals surface area contributed by atoms with Gasteiger partial charge in [-0.2, -0.15) is 11.3 Å². The van der Waals surface area contributed by atoms with Gasteiger partial charge < -0.3 is 10.1 Å². The Morgan fingerprint density at radius 1 is 1.17 bits per heavy atom. The Balaban J connectivity index is 1.45. The molecule has 1 N–H and O–H groups in total. The fourth-order valence-corrected chi connectivity index (χ4v) is 3.20. The van der Waals surface area contributed by atoms with Crippen LogP contribution in [0.5, 0.6) is 0 Å². The fourth-order valence-electron chi connectivity index (χ4n) is 2.50. The molecule has 1 aliphatic rings. The molecule has 0 amide bonds. The van der Waals surface area contributed by atoms with Crippen LogP contribution < -0.4 is 5.32 Å². The summed E-state index contributed by atoms with van der Waals surface area (Å²) in [4.78, 5) is 0. The van der Waals surface area contributed by atoms with Crippen molar-refractivity contribution < 1.29 is 4.74 Å². The molecule has 102 valence electrons. The summed E-state index contributed by atoms with van der Waals surface area (Å²) in [7, 11) is 0. The summed E-state index contributed by atoms with van der Waals surface area (Å²) in [6, 6.07) is 2.20. The van der Waals surface area contributed by atoms with E-state index in [0.29, 0.717) is 6.10 Å². The SMILES string of the molecule is c1cc(CCNCCOC2CCCCCC2)cs1. The monoisotopic (exact) mass is 267 g/mol. The molecule has 1 saturated carbocycles. The van der Waals surface area contributed by atoms with Crippen molar-refractivity contribution in [2.75, 3.05) is 19.7 Å². The van der Waals surface area contributed by atoms with Crippen molar-refractivity contribution in [2.24, 2.45) is 0 Å². The van der Waals surface area contributed by atoms with Crippen LogP contribution in [-0.4, -0.2) is 25.8 Å². The molecule has 0 aliphatic heterocycles. The lowest BCUT2D eigenvalue weighted by atomic mass is 10.1. The molecule has 0 radical (unpaired) electrons. The molecular formula is C15H25NOS. The first-order valence-electron chi connectivity index (χ1n) is 7.28. The van der Waals surface area contributed by atoms with E-state index < -0.39 is 0 Å². The van der Waals surface area contributed by atoms with E-state index in [1.807, 2.05) is 0 Å². The van der Waals surface area contributed by atoms with Gasteiger partial charge in [0.2, 0.25) is 0 Å². The molecule has 1 aromatic rings. The average Bonchev–Trinajstić information content (AvgIpc) is 2.76. The highest BCUT2D eigenvalue weighted by molar-refractivity contribution is 7.07. The minimum Gasteiger partial charge on any atom is -0.377 e. The summed E-state index contributed by atoms with van der Waals surface area (Å²) in [5, 5.41) is 7.83. The van der Waals surface area contributed by atoms with Gasteiger partial charge in [0.15, 0.2) is 0 Å². The van der Waals surface area contributed by atoms with Gasteiger partial charge in [-0.1, -0.05) is 25.7 Å². The van der Waals surface area contributed by atoms with Gasteiger partial charge >= 0.3 is 0 Å². The minimum atomic E-state index is 0.533. The molecule has 0 spiro atoms. The molecule has 3 heteroatoms. The maximum absolute atomic E-state index is 5.94. The summed E-state index contributed by atoms with van der Waals surface area (Å²) in [6.45, 7) is 2.92. The third kappa shape index (κ3) is 5.51. The first-order chi connectivity index (χ1) is 8.95. The van der Waals surface area contributed by atoms with E-state index in [0.717, 1.165) is 26.1 Å². The van der Waals surface area contributed by atoms with Crippen LogP contribution in [0, 0.1) is 0 Å². The predicted molar refractivity (Wildman–Crippen MR) is 78.3 cm³/mol. The summed E-state index contributed by atoms with van der Waals surface area (Å²) < 4.78 is 5.94. The molecule has 1 heterocycles. The largest absolute Gasteiger partial charge is 0.377 e. The summed E-state index contributed by atoms with van der Waals surface area (Å²) >= 11 is 1.78. The highest BCUT2D eigenvalue weighted by atomic mass is 32.1. The van der Waals surface area contributed by atoms with Gasteiger partial charge in [0.1, 0.15) is 0 Å². The number of ether oxygens (including phenoxy) is 1. The molecule has 0 saturated heterocycles. The van der Waals surface area contributed by atoms with Crippen LogP contribution in [0.2, 0.25) is 0 Å². The second-order valence-electron chi connectivity index (χ2n) is 5.12. The van der Waals surface area contributed by atoms with E-state index in [1.165, 1.54) is 44.1 Å². The Hall–Kier alpha value is -0.380. The van der Waals surface area contributed by atoms with Crippen LogP contribution in [0.15, 0.2) is 16.8 Å². The molecule has 1 aliphatic carbocycles. The Morgan fingerprint density at radius 2 is 2.00 bits per heavy atom. The first-order valence-corrected chi connectivity index (χ1v) is 8.23. The van der Waals surface area contributed by atoms with Crippen LogP contribution in [0.4, 0.5) is 0 Å². The summed E-state index contributed by atoms with van der Waals surface area (Å²) in [5.74, 6) is 0. The maximum Gasteiger partial charge on any atom is 0.0594 e. The molecule has 0 unspecified atom stereocenters. The molecule has 18 heavy (non-hydrogen) atoms. The molecule has 1 aromatic heterocycles. The molecular weight excluding hydrogens is 242 g/mol. The smallest absolute Gasteiger partial charge is 0.0594 e. The molecule has 0 aromatic carbocycles. The van der Waals surface area contributed by atoms with Gasteiger partial charge in [-0.25, -0.2) is 0 Å². The molecule has 0 bridgehead atoms. The molecule has 2 nitrogen and oxygen atoms in total. The van der Waals surface area contributed by atoms with Gasteiger partial charge in [-0.15, -0.1) is 0 Å². The van der Waals surface area contributed by atoms with Crippen LogP contribution in [0.3, 0.4) is 0 Å². The maximum atomic E-state index is 5.94. The predicted octanol–water partition coefficient (Wildman–Crippen LogP) is 3.62. The fraction of sp³-hybridized carbons (Fsp3) is 0.733. The lowest BCUT2D eigenvalue weighted by molar-refractivity contribution is 0.0453. The third-order valence-corrected chi connectivity index (χ3v) is 4.34. The van der Waals surface area contributed by atoms with Crippen LogP contribution in [-0.2, 0) is 11.2 Å². The van der Waals surface area contributed by atoms with E-state index >= 15 is 0 Å². The lowest BCUT2D eigenvalue weighted by Crippen LogP contribution is -2.24. The first kappa shape index (κ1) is 14.0. The highest BCUT2D eigenvalue weighted by Gasteiger charge is 2.11. The van der Waals surface area contributed by atoms with Crippen molar-refractivity contribution in [1.29, 1.82) is 0 Å². The van der Waals surface area contributed by atoms with Crippen LogP contribution in [0.1, 0.15) is 44.1 Å². The van der Waals surface area contributed by atoms with Crippen molar-refractivity contribution in [3.63, 3.8) is 0 Å². The van der Waals surface area contributed by atoms with Crippen molar-refractivity contribution in [1.82, 2.24) is 5.32 Å². The Morgan fingerprint density at radius 3 is 2.72 bits per heavy atom. The molecule has 2 rings (SSSR count). The van der Waals surface area contributed by atoms with E-state index in [1.54, 1.807) is 11.3 Å².